The molecule has 0 fully saturated rings. The third-order valence-corrected chi connectivity index (χ3v) is 4.32. The molecule has 0 aromatic heterocycles. The number of nitrogens with zero attached hydrogens (tertiary/aromatic N) is 1. The number of para-hydroxylation sites is 1. The zero-order valence-electron chi connectivity index (χ0n) is 20.6. The fraction of sp³-hybridized carbons (Fsp3) is 0.667. The molecule has 9 nitrogen and oxygen atoms in total. The molecule has 0 atom stereocenters. The fourth-order valence-electron chi connectivity index (χ4n) is 2.72. The van der Waals surface area contributed by atoms with Crippen LogP contribution < -0.4 is 15.5 Å². The first-order valence-corrected chi connectivity index (χ1v) is 11.5. The topological polar surface area (TPSA) is 98.4 Å². The Kier molecular flexibility index (Phi) is 14.9. The lowest BCUT2D eigenvalue weighted by atomic mass is 10.2. The summed E-state index contributed by atoms with van der Waals surface area (Å²) in [7, 11) is 2.03. The molecule has 0 bridgehead atoms. The van der Waals surface area contributed by atoms with Crippen molar-refractivity contribution in [1.29, 1.82) is 0 Å². The molecule has 0 aliphatic heterocycles. The predicted octanol–water partition coefficient (Wildman–Crippen LogP) is 2.59. The van der Waals surface area contributed by atoms with Crippen LogP contribution in [0.3, 0.4) is 0 Å². The Morgan fingerprint density at radius 2 is 1.39 bits per heavy atom. The second-order valence-electron chi connectivity index (χ2n) is 8.48. The van der Waals surface area contributed by atoms with Crippen LogP contribution in [0.2, 0.25) is 0 Å². The summed E-state index contributed by atoms with van der Waals surface area (Å²) in [6.45, 7) is 9.78. The third kappa shape index (κ3) is 16.9. The SMILES string of the molecule is CN(CCCC(=O)NCCOCCOCCOCCNC(=O)OC(C)(C)C)c1ccccc1. The van der Waals surface area contributed by atoms with Gasteiger partial charge in [-0.05, 0) is 39.3 Å². The third-order valence-electron chi connectivity index (χ3n) is 4.32. The average molecular weight is 468 g/mol. The number of hydrogen-bond acceptors (Lipinski definition) is 7. The normalized spacial score (nSPS) is 11.2. The average Bonchev–Trinajstić information content (AvgIpc) is 2.76. The quantitative estimate of drug-likeness (QED) is 0.340. The smallest absolute Gasteiger partial charge is 0.407 e. The van der Waals surface area contributed by atoms with E-state index in [-0.39, 0.29) is 5.91 Å². The molecule has 33 heavy (non-hydrogen) atoms. The molecule has 2 N–H and O–H groups in total. The zero-order chi connectivity index (χ0) is 24.4. The van der Waals surface area contributed by atoms with Gasteiger partial charge in [-0.1, -0.05) is 18.2 Å². The van der Waals surface area contributed by atoms with Crippen molar-refractivity contribution >= 4 is 17.7 Å². The van der Waals surface area contributed by atoms with Gasteiger partial charge in [0, 0.05) is 38.8 Å². The van der Waals surface area contributed by atoms with Gasteiger partial charge < -0.3 is 34.5 Å². The van der Waals surface area contributed by atoms with E-state index < -0.39 is 11.7 Å². The number of amides is 2. The maximum Gasteiger partial charge on any atom is 0.407 e. The first-order chi connectivity index (χ1) is 15.8. The van der Waals surface area contributed by atoms with Crippen LogP contribution in [0, 0.1) is 0 Å². The molecule has 9 heteroatoms. The number of rotatable bonds is 17. The van der Waals surface area contributed by atoms with Crippen molar-refractivity contribution in [2.75, 3.05) is 71.2 Å². The Balaban J connectivity index is 1.83. The first kappa shape index (κ1) is 28.7. The summed E-state index contributed by atoms with van der Waals surface area (Å²) in [6, 6.07) is 10.1. The van der Waals surface area contributed by atoms with Crippen molar-refractivity contribution < 1.29 is 28.5 Å². The van der Waals surface area contributed by atoms with E-state index >= 15 is 0 Å². The van der Waals surface area contributed by atoms with Crippen LogP contribution in [0.25, 0.3) is 0 Å². The summed E-state index contributed by atoms with van der Waals surface area (Å²) < 4.78 is 21.4. The van der Waals surface area contributed by atoms with E-state index in [9.17, 15) is 9.59 Å². The van der Waals surface area contributed by atoms with Gasteiger partial charge in [-0.2, -0.15) is 0 Å². The Bertz CT molecular complexity index is 651. The van der Waals surface area contributed by atoms with Crippen molar-refractivity contribution in [2.24, 2.45) is 0 Å². The van der Waals surface area contributed by atoms with Gasteiger partial charge in [-0.3, -0.25) is 4.79 Å². The number of carbonyl (C=O) groups excluding carboxylic acids is 2. The van der Waals surface area contributed by atoms with Gasteiger partial charge in [0.05, 0.1) is 39.6 Å². The van der Waals surface area contributed by atoms with E-state index in [1.807, 2.05) is 46.0 Å². The van der Waals surface area contributed by atoms with Crippen molar-refractivity contribution in [3.63, 3.8) is 0 Å². The van der Waals surface area contributed by atoms with E-state index in [1.165, 1.54) is 0 Å². The van der Waals surface area contributed by atoms with E-state index in [1.54, 1.807) is 0 Å². The Morgan fingerprint density at radius 1 is 0.848 bits per heavy atom. The zero-order valence-corrected chi connectivity index (χ0v) is 20.6. The summed E-state index contributed by atoms with van der Waals surface area (Å²) >= 11 is 0. The minimum atomic E-state index is -0.508. The van der Waals surface area contributed by atoms with Crippen LogP contribution in [0.4, 0.5) is 10.5 Å². The molecular weight excluding hydrogens is 426 g/mol. The van der Waals surface area contributed by atoms with Gasteiger partial charge in [0.2, 0.25) is 5.91 Å². The van der Waals surface area contributed by atoms with E-state index in [2.05, 4.69) is 27.7 Å². The summed E-state index contributed by atoms with van der Waals surface area (Å²) in [5.41, 5.74) is 0.641. The van der Waals surface area contributed by atoms with Gasteiger partial charge >= 0.3 is 6.09 Å². The van der Waals surface area contributed by atoms with E-state index in [0.717, 1.165) is 18.7 Å². The molecule has 0 heterocycles. The van der Waals surface area contributed by atoms with Gasteiger partial charge in [0.1, 0.15) is 5.60 Å². The van der Waals surface area contributed by atoms with Crippen molar-refractivity contribution in [2.45, 2.75) is 39.2 Å². The Labute approximate surface area is 198 Å². The number of benzene rings is 1. The largest absolute Gasteiger partial charge is 0.444 e. The highest BCUT2D eigenvalue weighted by atomic mass is 16.6. The highest BCUT2D eigenvalue weighted by molar-refractivity contribution is 5.75. The molecule has 2 amide bonds. The number of anilines is 1. The molecule has 1 rings (SSSR count). The van der Waals surface area contributed by atoms with Crippen LogP contribution in [-0.4, -0.2) is 83.9 Å². The number of alkyl carbamates (subject to hydrolysis) is 1. The second-order valence-corrected chi connectivity index (χ2v) is 8.48. The van der Waals surface area contributed by atoms with E-state index in [0.29, 0.717) is 59.2 Å². The van der Waals surface area contributed by atoms with Gasteiger partial charge in [0.25, 0.3) is 0 Å². The molecule has 188 valence electrons. The molecule has 0 spiro atoms. The molecule has 0 saturated heterocycles. The number of carbonyl (C=O) groups is 2. The van der Waals surface area contributed by atoms with Crippen molar-refractivity contribution in [3.8, 4) is 0 Å². The molecule has 1 aromatic rings. The fourth-order valence-corrected chi connectivity index (χ4v) is 2.72. The number of ether oxygens (including phenoxy) is 4. The Morgan fingerprint density at radius 3 is 1.97 bits per heavy atom. The van der Waals surface area contributed by atoms with Crippen LogP contribution >= 0.6 is 0 Å². The second kappa shape index (κ2) is 17.2. The summed E-state index contributed by atoms with van der Waals surface area (Å²) in [6.07, 6.45) is 0.838. The monoisotopic (exact) mass is 467 g/mol. The molecule has 0 aliphatic rings. The first-order valence-electron chi connectivity index (χ1n) is 11.5. The van der Waals surface area contributed by atoms with Crippen LogP contribution in [0.15, 0.2) is 30.3 Å². The molecular formula is C24H41N3O6. The van der Waals surface area contributed by atoms with Gasteiger partial charge in [-0.25, -0.2) is 4.79 Å². The summed E-state index contributed by atoms with van der Waals surface area (Å²) in [5.74, 6) is 0.0367. The Hall–Kier alpha value is -2.36. The van der Waals surface area contributed by atoms with Gasteiger partial charge in [-0.15, -0.1) is 0 Å². The molecule has 0 radical (unpaired) electrons. The van der Waals surface area contributed by atoms with Crippen LogP contribution in [0.1, 0.15) is 33.6 Å². The number of nitrogens with one attached hydrogen (secondary N) is 2. The lowest BCUT2D eigenvalue weighted by Crippen LogP contribution is -2.34. The maximum absolute atomic E-state index is 11.9. The van der Waals surface area contributed by atoms with E-state index in [4.69, 9.17) is 18.9 Å². The molecule has 0 unspecified atom stereocenters. The van der Waals surface area contributed by atoms with Crippen LogP contribution in [-0.2, 0) is 23.7 Å². The standard InChI is InChI=1S/C24H41N3O6/c1-24(2,3)33-23(29)26-13-16-31-18-20-32-19-17-30-15-12-25-22(28)11-8-14-27(4)21-9-6-5-7-10-21/h5-7,9-10H,8,11-20H2,1-4H3,(H,25,28)(H,26,29). The van der Waals surface area contributed by atoms with Crippen LogP contribution in [0.5, 0.6) is 0 Å². The summed E-state index contributed by atoms with van der Waals surface area (Å²) in [5, 5.41) is 5.49. The molecule has 0 saturated carbocycles. The maximum atomic E-state index is 11.9. The molecule has 1 aromatic carbocycles. The highest BCUT2D eigenvalue weighted by Crippen LogP contribution is 2.11. The molecule has 0 aliphatic carbocycles. The minimum Gasteiger partial charge on any atom is -0.444 e. The minimum absolute atomic E-state index is 0.0367. The highest BCUT2D eigenvalue weighted by Gasteiger charge is 2.15. The van der Waals surface area contributed by atoms with Gasteiger partial charge in [0.15, 0.2) is 0 Å². The van der Waals surface area contributed by atoms with Crippen molar-refractivity contribution in [1.82, 2.24) is 10.6 Å². The lowest BCUT2D eigenvalue weighted by molar-refractivity contribution is -0.121. The number of hydrogen-bond donors (Lipinski definition) is 2. The summed E-state index contributed by atoms with van der Waals surface area (Å²) in [4.78, 5) is 25.5. The predicted molar refractivity (Wildman–Crippen MR) is 129 cm³/mol. The van der Waals surface area contributed by atoms with Crippen molar-refractivity contribution in [3.05, 3.63) is 30.3 Å². The lowest BCUT2D eigenvalue weighted by Gasteiger charge is -2.19.